The van der Waals surface area contributed by atoms with Crippen LogP contribution in [0.2, 0.25) is 0 Å². The van der Waals surface area contributed by atoms with Crippen molar-refractivity contribution in [1.29, 1.82) is 0 Å². The molecule has 0 aromatic heterocycles. The van der Waals surface area contributed by atoms with Crippen LogP contribution < -0.4 is 5.32 Å². The molecule has 1 aliphatic carbocycles. The Hall–Kier alpha value is 0.102. The van der Waals surface area contributed by atoms with Gasteiger partial charge in [-0.25, -0.2) is 4.79 Å². The predicted octanol–water partition coefficient (Wildman–Crippen LogP) is 3.30. The first-order chi connectivity index (χ1) is 12.1. The number of hydrogen-bond acceptors (Lipinski definition) is 5. The van der Waals surface area contributed by atoms with E-state index in [1.54, 1.807) is 27.7 Å². The summed E-state index contributed by atoms with van der Waals surface area (Å²) in [6.45, 7) is 11.3. The van der Waals surface area contributed by atoms with Crippen molar-refractivity contribution in [2.24, 2.45) is 17.8 Å². The molecule has 1 rings (SSSR count). The summed E-state index contributed by atoms with van der Waals surface area (Å²) in [6, 6.07) is -1.09. The standard InChI is InChI=1S/C19H35N2O5.Ac/c1-7-11(8-2)15(20)14-13(21-18(24)26-19(4,5)6)10-12(16(14)22)17(23)25-9-3;/h11-16,20,22H,7-10H2,1-6H3,(H,21,24);/q-1;. The minimum Gasteiger partial charge on any atom is -0.674 e. The van der Waals surface area contributed by atoms with E-state index in [0.29, 0.717) is 0 Å². The average molecular weight is 598 g/mol. The Labute approximate surface area is 199 Å². The Kier molecular flexibility index (Phi) is 12.0. The number of aliphatic hydroxyl groups excluding tert-OH is 1. The van der Waals surface area contributed by atoms with Gasteiger partial charge in [-0.15, -0.1) is 6.04 Å². The van der Waals surface area contributed by atoms with Crippen molar-refractivity contribution in [3.8, 4) is 0 Å². The molecule has 27 heavy (non-hydrogen) atoms. The topological polar surface area (TPSA) is 109 Å². The molecule has 1 radical (unpaired) electrons. The molecule has 0 aromatic rings. The summed E-state index contributed by atoms with van der Waals surface area (Å²) < 4.78 is 10.4. The molecule has 1 fully saturated rings. The number of carbonyl (C=O) groups excluding carboxylic acids is 2. The van der Waals surface area contributed by atoms with Crippen molar-refractivity contribution in [2.45, 2.75) is 84.6 Å². The van der Waals surface area contributed by atoms with Crippen molar-refractivity contribution in [1.82, 2.24) is 5.32 Å². The summed E-state index contributed by atoms with van der Waals surface area (Å²) in [5, 5.41) is 13.5. The Balaban J connectivity index is 0.00000676. The third-order valence-electron chi connectivity index (χ3n) is 5.04. The van der Waals surface area contributed by atoms with Gasteiger partial charge in [-0.3, -0.25) is 4.79 Å². The first-order valence-electron chi connectivity index (χ1n) is 9.60. The van der Waals surface area contributed by atoms with Gasteiger partial charge in [-0.05, 0) is 40.0 Å². The van der Waals surface area contributed by atoms with Crippen molar-refractivity contribution < 1.29 is 68.2 Å². The quantitative estimate of drug-likeness (QED) is 0.438. The van der Waals surface area contributed by atoms with Crippen LogP contribution in [-0.2, 0) is 14.3 Å². The summed E-state index contributed by atoms with van der Waals surface area (Å²) >= 11 is 0. The molecule has 5 unspecified atom stereocenters. The number of aliphatic hydroxyl groups is 1. The smallest absolute Gasteiger partial charge is 0.407 e. The number of nitrogens with one attached hydrogen (secondary N) is 2. The van der Waals surface area contributed by atoms with Gasteiger partial charge in [0.2, 0.25) is 0 Å². The van der Waals surface area contributed by atoms with Crippen LogP contribution in [0.25, 0.3) is 5.73 Å². The molecular weight excluding hydrogens is 563 g/mol. The van der Waals surface area contributed by atoms with E-state index >= 15 is 0 Å². The van der Waals surface area contributed by atoms with E-state index in [1.165, 1.54) is 0 Å². The SMILES string of the molecule is CCOC(=O)C1CC(NC(=O)OC(C)(C)C)C(C([NH-])C(CC)CC)C1O.[Ac]. The Bertz CT molecular complexity index is 479. The van der Waals surface area contributed by atoms with Crippen LogP contribution in [0.3, 0.4) is 0 Å². The molecule has 1 amide bonds. The monoisotopic (exact) mass is 598 g/mol. The van der Waals surface area contributed by atoms with E-state index in [-0.39, 0.29) is 63.0 Å². The molecule has 0 aromatic carbocycles. The third-order valence-corrected chi connectivity index (χ3v) is 5.04. The molecule has 7 nitrogen and oxygen atoms in total. The maximum atomic E-state index is 12.2. The molecule has 0 spiro atoms. The minimum atomic E-state index is -1.02. The third kappa shape index (κ3) is 7.80. The van der Waals surface area contributed by atoms with Gasteiger partial charge in [-0.2, -0.15) is 0 Å². The molecule has 0 heterocycles. The minimum absolute atomic E-state index is 0. The second-order valence-corrected chi connectivity index (χ2v) is 8.02. The summed E-state index contributed by atoms with van der Waals surface area (Å²) in [4.78, 5) is 24.4. The molecule has 0 aliphatic heterocycles. The van der Waals surface area contributed by atoms with Crippen LogP contribution in [0.15, 0.2) is 0 Å². The molecule has 1 saturated carbocycles. The van der Waals surface area contributed by atoms with Crippen LogP contribution in [0.1, 0.15) is 60.8 Å². The fourth-order valence-corrected chi connectivity index (χ4v) is 3.75. The van der Waals surface area contributed by atoms with Gasteiger partial charge in [0.05, 0.1) is 18.6 Å². The Morgan fingerprint density at radius 3 is 2.22 bits per heavy atom. The van der Waals surface area contributed by atoms with Crippen LogP contribution >= 0.6 is 0 Å². The largest absolute Gasteiger partial charge is 0.674 e. The van der Waals surface area contributed by atoms with Crippen molar-refractivity contribution in [2.75, 3.05) is 6.61 Å². The van der Waals surface area contributed by atoms with Crippen LogP contribution in [0.5, 0.6) is 0 Å². The van der Waals surface area contributed by atoms with E-state index in [2.05, 4.69) is 5.32 Å². The van der Waals surface area contributed by atoms with Gasteiger partial charge in [0.25, 0.3) is 0 Å². The number of esters is 1. The fourth-order valence-electron chi connectivity index (χ4n) is 3.75. The normalized spacial score (nSPS) is 26.3. The molecular formula is C19H35AcN2O5-. The van der Waals surface area contributed by atoms with Crippen molar-refractivity contribution >= 4 is 12.1 Å². The second-order valence-electron chi connectivity index (χ2n) is 8.02. The first kappa shape index (κ1) is 27.1. The molecule has 1 aliphatic rings. The summed E-state index contributed by atoms with van der Waals surface area (Å²) in [7, 11) is 0. The number of rotatable bonds is 7. The van der Waals surface area contributed by atoms with Gasteiger partial charge >= 0.3 is 12.1 Å². The summed E-state index contributed by atoms with van der Waals surface area (Å²) in [5.74, 6) is -1.67. The van der Waals surface area contributed by atoms with E-state index in [0.717, 1.165) is 12.8 Å². The molecule has 155 valence electrons. The zero-order valence-electron chi connectivity index (χ0n) is 17.5. The fraction of sp³-hybridized carbons (Fsp3) is 0.895. The van der Waals surface area contributed by atoms with Gasteiger partial charge in [0.1, 0.15) is 5.60 Å². The maximum absolute atomic E-state index is 12.2. The number of alkyl carbamates (subject to hydrolysis) is 1. The summed E-state index contributed by atoms with van der Waals surface area (Å²) in [6.07, 6.45) is 0.242. The number of ether oxygens (including phenoxy) is 2. The van der Waals surface area contributed by atoms with Crippen molar-refractivity contribution in [3.63, 3.8) is 0 Å². The zero-order valence-corrected chi connectivity index (χ0v) is 22.2. The first-order valence-corrected chi connectivity index (χ1v) is 9.60. The second kappa shape index (κ2) is 11.9. The number of carbonyl (C=O) groups is 2. The molecule has 8 heteroatoms. The van der Waals surface area contributed by atoms with Gasteiger partial charge in [0, 0.05) is 50.1 Å². The number of amides is 1. The molecule has 0 bridgehead atoms. The Morgan fingerprint density at radius 1 is 1.22 bits per heavy atom. The van der Waals surface area contributed by atoms with Crippen LogP contribution in [0, 0.1) is 61.8 Å². The van der Waals surface area contributed by atoms with Crippen LogP contribution in [-0.4, -0.2) is 47.6 Å². The number of hydrogen-bond donors (Lipinski definition) is 2. The van der Waals surface area contributed by atoms with Gasteiger partial charge in [-0.1, -0.05) is 32.6 Å². The summed E-state index contributed by atoms with van der Waals surface area (Å²) in [5.41, 5.74) is 7.99. The van der Waals surface area contributed by atoms with E-state index in [9.17, 15) is 14.7 Å². The Morgan fingerprint density at radius 2 is 1.78 bits per heavy atom. The molecule has 3 N–H and O–H groups in total. The van der Waals surface area contributed by atoms with Gasteiger partial charge < -0.3 is 25.6 Å². The average Bonchev–Trinajstić information content (AvgIpc) is 2.83. The van der Waals surface area contributed by atoms with E-state index in [4.69, 9.17) is 15.2 Å². The zero-order chi connectivity index (χ0) is 20.1. The maximum Gasteiger partial charge on any atom is 0.407 e. The van der Waals surface area contributed by atoms with Crippen LogP contribution in [0.4, 0.5) is 4.79 Å². The van der Waals surface area contributed by atoms with E-state index in [1.807, 2.05) is 13.8 Å². The molecule has 0 saturated heterocycles. The predicted molar refractivity (Wildman–Crippen MR) is 99.6 cm³/mol. The van der Waals surface area contributed by atoms with E-state index < -0.39 is 47.7 Å². The molecule has 5 atom stereocenters. The van der Waals surface area contributed by atoms with Crippen molar-refractivity contribution in [3.05, 3.63) is 5.73 Å². The van der Waals surface area contributed by atoms with Gasteiger partial charge in [0.15, 0.2) is 0 Å².